The molecule has 9 heteroatoms. The topological polar surface area (TPSA) is 102 Å². The van der Waals surface area contributed by atoms with Crippen molar-refractivity contribution in [3.05, 3.63) is 82.7 Å². The van der Waals surface area contributed by atoms with E-state index in [4.69, 9.17) is 4.74 Å². The van der Waals surface area contributed by atoms with Gasteiger partial charge in [-0.2, -0.15) is 0 Å². The molecule has 2 N–H and O–H groups in total. The van der Waals surface area contributed by atoms with E-state index in [-0.39, 0.29) is 35.8 Å². The molecular weight excluding hydrogens is 476 g/mol. The van der Waals surface area contributed by atoms with E-state index in [1.807, 2.05) is 30.3 Å². The van der Waals surface area contributed by atoms with Crippen LogP contribution in [0, 0.1) is 0 Å². The minimum atomic E-state index is -0.239. The van der Waals surface area contributed by atoms with E-state index in [9.17, 15) is 14.4 Å². The van der Waals surface area contributed by atoms with Crippen LogP contribution in [0.3, 0.4) is 0 Å². The summed E-state index contributed by atoms with van der Waals surface area (Å²) in [6.07, 6.45) is 4.34. The number of carbonyl (C=O) groups excluding carboxylic acids is 2. The third-order valence-corrected chi connectivity index (χ3v) is 6.90. The van der Waals surface area contributed by atoms with E-state index in [0.29, 0.717) is 34.7 Å². The normalized spacial score (nSPS) is 15.1. The van der Waals surface area contributed by atoms with Gasteiger partial charge in [0.1, 0.15) is 0 Å². The molecule has 2 heterocycles. The highest BCUT2D eigenvalue weighted by Gasteiger charge is 2.18. The van der Waals surface area contributed by atoms with Crippen LogP contribution in [0.4, 0.5) is 0 Å². The van der Waals surface area contributed by atoms with Crippen LogP contribution >= 0.6 is 11.8 Å². The Morgan fingerprint density at radius 3 is 2.78 bits per heavy atom. The fourth-order valence-corrected chi connectivity index (χ4v) is 4.87. The second-order valence-corrected chi connectivity index (χ2v) is 9.49. The van der Waals surface area contributed by atoms with Gasteiger partial charge in [-0.15, -0.1) is 6.58 Å². The van der Waals surface area contributed by atoms with E-state index < -0.39 is 0 Å². The molecule has 0 unspecified atom stereocenters. The zero-order valence-electron chi connectivity index (χ0n) is 20.1. The molecule has 3 aromatic rings. The van der Waals surface area contributed by atoms with Crippen molar-refractivity contribution in [1.29, 1.82) is 0 Å². The molecule has 1 aliphatic heterocycles. The third-order valence-electron chi connectivity index (χ3n) is 5.92. The maximum absolute atomic E-state index is 13.1. The van der Waals surface area contributed by atoms with Crippen LogP contribution in [0.1, 0.15) is 28.8 Å². The van der Waals surface area contributed by atoms with Crippen LogP contribution < -0.4 is 16.2 Å². The summed E-state index contributed by atoms with van der Waals surface area (Å²) in [4.78, 5) is 42.8. The first kappa shape index (κ1) is 25.7. The number of thioether (sulfide) groups is 1. The molecule has 8 nitrogen and oxygen atoms in total. The van der Waals surface area contributed by atoms with Gasteiger partial charge in [0, 0.05) is 31.8 Å². The van der Waals surface area contributed by atoms with Crippen molar-refractivity contribution in [2.45, 2.75) is 37.1 Å². The Hall–Kier alpha value is -3.43. The van der Waals surface area contributed by atoms with Gasteiger partial charge in [-0.3, -0.25) is 19.0 Å². The lowest BCUT2D eigenvalue weighted by atomic mass is 10.1. The van der Waals surface area contributed by atoms with E-state index >= 15 is 0 Å². The van der Waals surface area contributed by atoms with Crippen LogP contribution in [-0.2, 0) is 22.5 Å². The number of hydrogen-bond donors (Lipinski definition) is 2. The fraction of sp³-hybridized carbons (Fsp3) is 0.333. The van der Waals surface area contributed by atoms with Crippen molar-refractivity contribution >= 4 is 34.5 Å². The van der Waals surface area contributed by atoms with Crippen molar-refractivity contribution in [2.24, 2.45) is 0 Å². The molecule has 1 saturated heterocycles. The molecule has 0 aliphatic carbocycles. The molecule has 2 amide bonds. The van der Waals surface area contributed by atoms with E-state index in [2.05, 4.69) is 22.2 Å². The molecule has 1 aliphatic rings. The molecule has 4 rings (SSSR count). The number of nitrogens with one attached hydrogen (secondary N) is 2. The van der Waals surface area contributed by atoms with Crippen LogP contribution in [0.2, 0.25) is 0 Å². The van der Waals surface area contributed by atoms with Gasteiger partial charge in [0.25, 0.3) is 11.5 Å². The number of benzene rings is 2. The second kappa shape index (κ2) is 12.5. The zero-order chi connectivity index (χ0) is 25.3. The zero-order valence-corrected chi connectivity index (χ0v) is 20.9. The molecule has 36 heavy (non-hydrogen) atoms. The highest BCUT2D eigenvalue weighted by molar-refractivity contribution is 7.99. The summed E-state index contributed by atoms with van der Waals surface area (Å²) in [6.45, 7) is 5.70. The summed E-state index contributed by atoms with van der Waals surface area (Å²) in [5.41, 5.74) is 1.75. The summed E-state index contributed by atoms with van der Waals surface area (Å²) in [6, 6.07) is 14.8. The van der Waals surface area contributed by atoms with Crippen molar-refractivity contribution in [3.63, 3.8) is 0 Å². The Kier molecular flexibility index (Phi) is 8.91. The van der Waals surface area contributed by atoms with Crippen LogP contribution in [0.15, 0.2) is 71.1 Å². The van der Waals surface area contributed by atoms with Crippen molar-refractivity contribution in [1.82, 2.24) is 20.2 Å². The minimum absolute atomic E-state index is 0.0421. The van der Waals surface area contributed by atoms with Gasteiger partial charge in [-0.05, 0) is 43.0 Å². The predicted octanol–water partition coefficient (Wildman–Crippen LogP) is 2.94. The molecule has 1 fully saturated rings. The SMILES string of the molecule is C=CCn1c(SCC(=O)NCCc2ccccc2)nc2cc(C(=O)NC[C@H]3CCCO3)ccc2c1=O. The summed E-state index contributed by atoms with van der Waals surface area (Å²) in [5.74, 6) is -0.264. The average Bonchev–Trinajstić information content (AvgIpc) is 3.42. The maximum Gasteiger partial charge on any atom is 0.262 e. The summed E-state index contributed by atoms with van der Waals surface area (Å²) < 4.78 is 7.05. The quantitative estimate of drug-likeness (QED) is 0.236. The maximum atomic E-state index is 13.1. The van der Waals surface area contributed by atoms with Gasteiger partial charge in [-0.25, -0.2) is 4.98 Å². The first-order valence-electron chi connectivity index (χ1n) is 12.0. The van der Waals surface area contributed by atoms with Crippen LogP contribution in [-0.4, -0.2) is 52.9 Å². The number of nitrogens with zero attached hydrogens (tertiary/aromatic N) is 2. The molecule has 0 spiro atoms. The number of fused-ring (bicyclic) bond motifs is 1. The Bertz CT molecular complexity index is 1290. The van der Waals surface area contributed by atoms with Crippen molar-refractivity contribution in [2.75, 3.05) is 25.4 Å². The molecule has 188 valence electrons. The molecule has 0 radical (unpaired) electrons. The smallest absolute Gasteiger partial charge is 0.262 e. The number of allylic oxidation sites excluding steroid dienone is 1. The van der Waals surface area contributed by atoms with Gasteiger partial charge in [-0.1, -0.05) is 48.2 Å². The first-order chi connectivity index (χ1) is 17.5. The van der Waals surface area contributed by atoms with E-state index in [1.165, 1.54) is 16.3 Å². The standard InChI is InChI=1S/C27H30N4O4S/c1-2-14-31-26(34)22-11-10-20(25(33)29-17-21-9-6-15-35-21)16-23(22)30-27(31)36-18-24(32)28-13-12-19-7-4-3-5-8-19/h2-5,7-8,10-11,16,21H,1,6,9,12-15,17-18H2,(H,28,32)(H,29,33)/t21-/m1/s1. The number of amides is 2. The number of aromatic nitrogens is 2. The Morgan fingerprint density at radius 2 is 2.03 bits per heavy atom. The van der Waals surface area contributed by atoms with Gasteiger partial charge < -0.3 is 15.4 Å². The Labute approximate surface area is 214 Å². The summed E-state index contributed by atoms with van der Waals surface area (Å²) >= 11 is 1.19. The summed E-state index contributed by atoms with van der Waals surface area (Å²) in [5, 5.41) is 6.61. The molecular formula is C27H30N4O4S. The lowest BCUT2D eigenvalue weighted by Crippen LogP contribution is -2.31. The molecule has 0 saturated carbocycles. The largest absolute Gasteiger partial charge is 0.376 e. The van der Waals surface area contributed by atoms with Gasteiger partial charge in [0.15, 0.2) is 5.16 Å². The van der Waals surface area contributed by atoms with Crippen molar-refractivity contribution < 1.29 is 14.3 Å². The number of hydrogen-bond acceptors (Lipinski definition) is 6. The predicted molar refractivity (Wildman–Crippen MR) is 141 cm³/mol. The lowest BCUT2D eigenvalue weighted by molar-refractivity contribution is -0.118. The van der Waals surface area contributed by atoms with E-state index in [1.54, 1.807) is 24.3 Å². The molecule has 0 bridgehead atoms. The lowest BCUT2D eigenvalue weighted by Gasteiger charge is -2.13. The van der Waals surface area contributed by atoms with Crippen LogP contribution in [0.25, 0.3) is 10.9 Å². The summed E-state index contributed by atoms with van der Waals surface area (Å²) in [7, 11) is 0. The number of rotatable bonds is 11. The third kappa shape index (κ3) is 6.61. The van der Waals surface area contributed by atoms with Crippen molar-refractivity contribution in [3.8, 4) is 0 Å². The monoisotopic (exact) mass is 506 g/mol. The highest BCUT2D eigenvalue weighted by atomic mass is 32.2. The number of carbonyl (C=O) groups is 2. The van der Waals surface area contributed by atoms with Gasteiger partial charge in [0.2, 0.25) is 5.91 Å². The fourth-order valence-electron chi connectivity index (χ4n) is 4.03. The van der Waals surface area contributed by atoms with E-state index in [0.717, 1.165) is 31.4 Å². The van der Waals surface area contributed by atoms with Crippen LogP contribution in [0.5, 0.6) is 0 Å². The minimum Gasteiger partial charge on any atom is -0.376 e. The average molecular weight is 507 g/mol. The first-order valence-corrected chi connectivity index (χ1v) is 13.0. The molecule has 2 aromatic carbocycles. The Balaban J connectivity index is 1.44. The van der Waals surface area contributed by atoms with Gasteiger partial charge in [0.05, 0.1) is 22.8 Å². The Morgan fingerprint density at radius 1 is 1.19 bits per heavy atom. The number of ether oxygens (including phenoxy) is 1. The molecule has 1 atom stereocenters. The second-order valence-electron chi connectivity index (χ2n) is 8.55. The van der Waals surface area contributed by atoms with Gasteiger partial charge >= 0.3 is 0 Å². The highest BCUT2D eigenvalue weighted by Crippen LogP contribution is 2.19. The molecule has 1 aromatic heterocycles.